The van der Waals surface area contributed by atoms with Crippen molar-refractivity contribution in [2.75, 3.05) is 24.4 Å². The van der Waals surface area contributed by atoms with Gasteiger partial charge in [-0.3, -0.25) is 14.4 Å². The number of aryl methyl sites for hydroxylation is 2. The van der Waals surface area contributed by atoms with Crippen LogP contribution in [0.15, 0.2) is 66.7 Å². The van der Waals surface area contributed by atoms with Gasteiger partial charge in [-0.2, -0.15) is 0 Å². The molecule has 0 fully saturated rings. The molecule has 0 aliphatic heterocycles. The topological polar surface area (TPSA) is 103 Å². The number of hydrogen-bond donors (Lipinski definition) is 2. The van der Waals surface area contributed by atoms with Crippen molar-refractivity contribution in [1.29, 1.82) is 0 Å². The van der Waals surface area contributed by atoms with Crippen LogP contribution < -0.4 is 20.1 Å². The SMILES string of the molecule is COc1ccc(Oc2ccc(NC(=O)CCC(=O)OCC(=O)Nc3ccc(C)c(C)c3)cc2)cc1. The molecule has 0 aliphatic rings. The molecule has 0 saturated carbocycles. The van der Waals surface area contributed by atoms with Crippen molar-refractivity contribution in [2.24, 2.45) is 0 Å². The molecule has 0 aromatic heterocycles. The van der Waals surface area contributed by atoms with Crippen molar-refractivity contribution in [3.05, 3.63) is 77.9 Å². The number of hydrogen-bond acceptors (Lipinski definition) is 6. The van der Waals surface area contributed by atoms with Gasteiger partial charge in [0, 0.05) is 17.8 Å². The first kappa shape index (κ1) is 25.3. The van der Waals surface area contributed by atoms with Gasteiger partial charge in [-0.25, -0.2) is 0 Å². The number of nitrogens with one attached hydrogen (secondary N) is 2. The van der Waals surface area contributed by atoms with E-state index in [4.69, 9.17) is 14.2 Å². The highest BCUT2D eigenvalue weighted by Crippen LogP contribution is 2.25. The number of amides is 2. The van der Waals surface area contributed by atoms with Crippen molar-refractivity contribution >= 4 is 29.2 Å². The highest BCUT2D eigenvalue weighted by molar-refractivity contribution is 5.94. The first-order chi connectivity index (χ1) is 16.8. The maximum atomic E-state index is 12.2. The molecule has 35 heavy (non-hydrogen) atoms. The lowest BCUT2D eigenvalue weighted by atomic mass is 10.1. The molecule has 0 saturated heterocycles. The van der Waals surface area contributed by atoms with Crippen molar-refractivity contribution in [2.45, 2.75) is 26.7 Å². The zero-order valence-corrected chi connectivity index (χ0v) is 19.9. The molecular weight excluding hydrogens is 448 g/mol. The molecular formula is C27H28N2O6. The lowest BCUT2D eigenvalue weighted by Gasteiger charge is -2.09. The molecule has 8 nitrogen and oxygen atoms in total. The summed E-state index contributed by atoms with van der Waals surface area (Å²) in [6.07, 6.45) is -0.205. The average molecular weight is 477 g/mol. The van der Waals surface area contributed by atoms with Crippen LogP contribution in [-0.4, -0.2) is 31.5 Å². The molecule has 2 N–H and O–H groups in total. The largest absolute Gasteiger partial charge is 0.497 e. The van der Waals surface area contributed by atoms with E-state index in [1.54, 1.807) is 61.7 Å². The van der Waals surface area contributed by atoms with E-state index in [9.17, 15) is 14.4 Å². The van der Waals surface area contributed by atoms with Crippen molar-refractivity contribution in [1.82, 2.24) is 0 Å². The van der Waals surface area contributed by atoms with Crippen molar-refractivity contribution in [3.8, 4) is 17.2 Å². The average Bonchev–Trinajstić information content (AvgIpc) is 2.85. The van der Waals surface area contributed by atoms with E-state index in [0.717, 1.165) is 16.9 Å². The van der Waals surface area contributed by atoms with Crippen LogP contribution in [0.5, 0.6) is 17.2 Å². The number of rotatable bonds is 10. The van der Waals surface area contributed by atoms with E-state index in [1.807, 2.05) is 26.0 Å². The molecule has 8 heteroatoms. The fraction of sp³-hybridized carbons (Fsp3) is 0.222. The predicted octanol–water partition coefficient (Wildman–Crippen LogP) is 5.00. The highest BCUT2D eigenvalue weighted by Gasteiger charge is 2.11. The number of esters is 1. The minimum atomic E-state index is -0.626. The summed E-state index contributed by atoms with van der Waals surface area (Å²) >= 11 is 0. The Bertz CT molecular complexity index is 1170. The van der Waals surface area contributed by atoms with Gasteiger partial charge >= 0.3 is 5.97 Å². The standard InChI is InChI=1S/C27H28N2O6/c1-18-4-5-21(16-19(18)2)29-26(31)17-34-27(32)15-14-25(30)28-20-6-8-23(9-7-20)35-24-12-10-22(33-3)11-13-24/h4-13,16H,14-15,17H2,1-3H3,(H,28,30)(H,29,31). The molecule has 3 aromatic carbocycles. The van der Waals surface area contributed by atoms with Gasteiger partial charge in [-0.05, 0) is 85.6 Å². The summed E-state index contributed by atoms with van der Waals surface area (Å²) < 4.78 is 15.8. The Morgan fingerprint density at radius 1 is 0.686 bits per heavy atom. The van der Waals surface area contributed by atoms with Gasteiger partial charge in [-0.1, -0.05) is 6.07 Å². The Morgan fingerprint density at radius 2 is 1.26 bits per heavy atom. The summed E-state index contributed by atoms with van der Waals surface area (Å²) in [7, 11) is 1.60. The Hall–Kier alpha value is -4.33. The number of ether oxygens (including phenoxy) is 3. The Morgan fingerprint density at radius 3 is 1.89 bits per heavy atom. The third kappa shape index (κ3) is 8.19. The van der Waals surface area contributed by atoms with Crippen LogP contribution in [0.3, 0.4) is 0 Å². The van der Waals surface area contributed by atoms with Crippen LogP contribution in [0.1, 0.15) is 24.0 Å². The Kier molecular flexibility index (Phi) is 8.83. The molecule has 0 aliphatic carbocycles. The quantitative estimate of drug-likeness (QED) is 0.399. The summed E-state index contributed by atoms with van der Waals surface area (Å²) in [5.41, 5.74) is 3.36. The maximum absolute atomic E-state index is 12.2. The fourth-order valence-corrected chi connectivity index (χ4v) is 3.06. The van der Waals surface area contributed by atoms with Gasteiger partial charge in [0.05, 0.1) is 13.5 Å². The lowest BCUT2D eigenvalue weighted by molar-refractivity contribution is -0.147. The molecule has 0 heterocycles. The molecule has 3 aromatic rings. The fourth-order valence-electron chi connectivity index (χ4n) is 3.06. The lowest BCUT2D eigenvalue weighted by Crippen LogP contribution is -2.21. The third-order valence-corrected chi connectivity index (χ3v) is 5.14. The van der Waals surface area contributed by atoms with Crippen molar-refractivity contribution < 1.29 is 28.6 Å². The molecule has 0 bridgehead atoms. The zero-order chi connectivity index (χ0) is 25.2. The Labute approximate surface area is 204 Å². The second kappa shape index (κ2) is 12.2. The second-order valence-electron chi connectivity index (χ2n) is 7.86. The minimum Gasteiger partial charge on any atom is -0.497 e. The van der Waals surface area contributed by atoms with Crippen LogP contribution >= 0.6 is 0 Å². The molecule has 182 valence electrons. The van der Waals surface area contributed by atoms with Crippen LogP contribution in [0.2, 0.25) is 0 Å². The number of benzene rings is 3. The van der Waals surface area contributed by atoms with Gasteiger partial charge in [-0.15, -0.1) is 0 Å². The van der Waals surface area contributed by atoms with Crippen LogP contribution in [-0.2, 0) is 19.1 Å². The molecule has 3 rings (SSSR count). The second-order valence-corrected chi connectivity index (χ2v) is 7.86. The van der Waals surface area contributed by atoms with Gasteiger partial charge < -0.3 is 24.8 Å². The van der Waals surface area contributed by atoms with E-state index in [0.29, 0.717) is 22.9 Å². The zero-order valence-electron chi connectivity index (χ0n) is 19.9. The third-order valence-electron chi connectivity index (χ3n) is 5.14. The number of methoxy groups -OCH3 is 1. The molecule has 0 spiro atoms. The van der Waals surface area contributed by atoms with Crippen molar-refractivity contribution in [3.63, 3.8) is 0 Å². The van der Waals surface area contributed by atoms with Gasteiger partial charge in [0.15, 0.2) is 6.61 Å². The summed E-state index contributed by atoms with van der Waals surface area (Å²) in [6.45, 7) is 3.51. The summed E-state index contributed by atoms with van der Waals surface area (Å²) in [5, 5.41) is 5.39. The van der Waals surface area contributed by atoms with Gasteiger partial charge in [0.2, 0.25) is 5.91 Å². The van der Waals surface area contributed by atoms with E-state index in [-0.39, 0.29) is 18.7 Å². The van der Waals surface area contributed by atoms with Crippen LogP contribution in [0.4, 0.5) is 11.4 Å². The van der Waals surface area contributed by atoms with Crippen LogP contribution in [0, 0.1) is 13.8 Å². The summed E-state index contributed by atoms with van der Waals surface area (Å²) in [5.74, 6) is 0.589. The molecule has 0 atom stereocenters. The number of anilines is 2. The smallest absolute Gasteiger partial charge is 0.306 e. The summed E-state index contributed by atoms with van der Waals surface area (Å²) in [6, 6.07) is 19.6. The highest BCUT2D eigenvalue weighted by atomic mass is 16.5. The van der Waals surface area contributed by atoms with Crippen LogP contribution in [0.25, 0.3) is 0 Å². The van der Waals surface area contributed by atoms with E-state index in [2.05, 4.69) is 10.6 Å². The molecule has 0 radical (unpaired) electrons. The maximum Gasteiger partial charge on any atom is 0.306 e. The van der Waals surface area contributed by atoms with E-state index in [1.165, 1.54) is 0 Å². The molecule has 0 unspecified atom stereocenters. The minimum absolute atomic E-state index is 0.0677. The monoisotopic (exact) mass is 476 g/mol. The van der Waals surface area contributed by atoms with Gasteiger partial charge in [0.25, 0.3) is 5.91 Å². The van der Waals surface area contributed by atoms with E-state index >= 15 is 0 Å². The summed E-state index contributed by atoms with van der Waals surface area (Å²) in [4.78, 5) is 36.0. The van der Waals surface area contributed by atoms with E-state index < -0.39 is 18.5 Å². The first-order valence-electron chi connectivity index (χ1n) is 11.1. The number of carbonyl (C=O) groups excluding carboxylic acids is 3. The Balaban J connectivity index is 1.36. The molecule has 2 amide bonds. The first-order valence-corrected chi connectivity index (χ1v) is 11.1. The number of carbonyl (C=O) groups is 3. The predicted molar refractivity (Wildman–Crippen MR) is 133 cm³/mol. The van der Waals surface area contributed by atoms with Gasteiger partial charge in [0.1, 0.15) is 17.2 Å². The normalized spacial score (nSPS) is 10.3.